The van der Waals surface area contributed by atoms with E-state index in [1.165, 1.54) is 22.7 Å². The first-order valence-corrected chi connectivity index (χ1v) is 18.3. The number of rotatable bonds is 4. The van der Waals surface area contributed by atoms with Gasteiger partial charge in [0.05, 0.1) is 34.2 Å². The van der Waals surface area contributed by atoms with E-state index in [-0.39, 0.29) is 23.4 Å². The molecule has 2 atom stereocenters. The molecule has 0 aliphatic carbocycles. The first kappa shape index (κ1) is 30.1. The van der Waals surface area contributed by atoms with Gasteiger partial charge in [0, 0.05) is 49.7 Å². The molecule has 4 aromatic rings. The van der Waals surface area contributed by atoms with Crippen LogP contribution in [0.25, 0.3) is 21.1 Å². The van der Waals surface area contributed by atoms with Crippen molar-refractivity contribution in [1.29, 1.82) is 0 Å². The van der Waals surface area contributed by atoms with Crippen LogP contribution >= 0.6 is 22.7 Å². The van der Waals surface area contributed by atoms with Gasteiger partial charge >= 0.3 is 12.2 Å². The minimum atomic E-state index is -0.343. The van der Waals surface area contributed by atoms with Crippen LogP contribution in [-0.2, 0) is 9.47 Å². The molecule has 0 unspecified atom stereocenters. The second-order valence-electron chi connectivity index (χ2n) is 13.6. The summed E-state index contributed by atoms with van der Waals surface area (Å²) in [6, 6.07) is 11.6. The standard InChI is InChI=1S/2C17H18N4O2S/c2*22-16-21(11-17(23-16)10-20-7-4-12(17)5-8-20)15-19-9-14(24-15)13-3-1-2-6-18-13/h2*1-3,6,9,12H,4-5,7-8,10-11H2/t2*17-/m10/s1. The molecule has 0 aromatic carbocycles. The summed E-state index contributed by atoms with van der Waals surface area (Å²) >= 11 is 2.98. The fourth-order valence-corrected chi connectivity index (χ4v) is 10.1. The van der Waals surface area contributed by atoms with Crippen molar-refractivity contribution in [2.75, 3.05) is 62.2 Å². The van der Waals surface area contributed by atoms with Crippen molar-refractivity contribution in [2.45, 2.75) is 36.9 Å². The van der Waals surface area contributed by atoms with Crippen molar-refractivity contribution in [2.24, 2.45) is 11.8 Å². The zero-order chi connectivity index (χ0) is 32.3. The summed E-state index contributed by atoms with van der Waals surface area (Å²) in [6.07, 6.45) is 11.1. The van der Waals surface area contributed by atoms with Crippen molar-refractivity contribution in [3.05, 3.63) is 61.2 Å². The fourth-order valence-electron chi connectivity index (χ4n) is 8.35. The number of amides is 2. The van der Waals surface area contributed by atoms with Gasteiger partial charge < -0.3 is 9.47 Å². The monoisotopic (exact) mass is 684 g/mol. The maximum Gasteiger partial charge on any atom is 0.416 e. The van der Waals surface area contributed by atoms with E-state index >= 15 is 0 Å². The van der Waals surface area contributed by atoms with Crippen LogP contribution in [-0.4, -0.2) is 105 Å². The number of carbonyl (C=O) groups excluding carboxylic acids is 2. The van der Waals surface area contributed by atoms with E-state index in [0.717, 1.165) is 86.1 Å². The summed E-state index contributed by atoms with van der Waals surface area (Å²) in [7, 11) is 0. The van der Waals surface area contributed by atoms with Crippen LogP contribution in [0.15, 0.2) is 61.2 Å². The molecule has 14 heteroatoms. The Morgan fingerprint density at radius 3 is 1.40 bits per heavy atom. The van der Waals surface area contributed by atoms with E-state index in [2.05, 4.69) is 29.7 Å². The maximum absolute atomic E-state index is 12.5. The van der Waals surface area contributed by atoms with Gasteiger partial charge in [0.1, 0.15) is 11.2 Å². The number of hydrogen-bond donors (Lipinski definition) is 0. The molecule has 8 aliphatic heterocycles. The van der Waals surface area contributed by atoms with Gasteiger partial charge in [-0.3, -0.25) is 19.8 Å². The van der Waals surface area contributed by atoms with Crippen LogP contribution in [0.1, 0.15) is 25.7 Å². The van der Waals surface area contributed by atoms with Crippen LogP contribution in [0.4, 0.5) is 19.9 Å². The first-order valence-electron chi connectivity index (χ1n) is 16.7. The molecule has 4 bridgehead atoms. The Bertz CT molecular complexity index is 1680. The SMILES string of the molecule is O=C1O[C@@]2(CN3CCC2CC3)CN1c1ncc(-c2ccccn2)s1.O=C1O[C@]2(CN3CCC2CC3)CN1c1ncc(-c2ccccn2)s1. The van der Waals surface area contributed by atoms with Crippen LogP contribution in [0.5, 0.6) is 0 Å². The molecule has 12 heterocycles. The van der Waals surface area contributed by atoms with Crippen molar-refractivity contribution in [3.63, 3.8) is 0 Å². The number of nitrogens with zero attached hydrogens (tertiary/aromatic N) is 8. The molecule has 12 nitrogen and oxygen atoms in total. The number of hydrogen-bond acceptors (Lipinski definition) is 12. The maximum atomic E-state index is 12.5. The fraction of sp³-hybridized carbons (Fsp3) is 0.471. The van der Waals surface area contributed by atoms with Gasteiger partial charge in [0.2, 0.25) is 0 Å². The summed E-state index contributed by atoms with van der Waals surface area (Å²) in [5.41, 5.74) is 1.08. The predicted molar refractivity (Wildman–Crippen MR) is 182 cm³/mol. The molecule has 0 saturated carbocycles. The Balaban J connectivity index is 0.000000131. The highest BCUT2D eigenvalue weighted by Crippen LogP contribution is 2.46. The van der Waals surface area contributed by atoms with E-state index in [9.17, 15) is 9.59 Å². The van der Waals surface area contributed by atoms with Crippen molar-refractivity contribution < 1.29 is 19.1 Å². The number of anilines is 2. The summed E-state index contributed by atoms with van der Waals surface area (Å²) in [6.45, 7) is 7.47. The topological polar surface area (TPSA) is 117 Å². The largest absolute Gasteiger partial charge is 0.439 e. The van der Waals surface area contributed by atoms with Gasteiger partial charge in [-0.1, -0.05) is 34.8 Å². The highest BCUT2D eigenvalue weighted by Gasteiger charge is 2.57. The Morgan fingerprint density at radius 1 is 0.604 bits per heavy atom. The lowest BCUT2D eigenvalue weighted by atomic mass is 9.75. The molecule has 12 rings (SSSR count). The predicted octanol–water partition coefficient (Wildman–Crippen LogP) is 5.25. The Morgan fingerprint density at radius 2 is 1.04 bits per heavy atom. The van der Waals surface area contributed by atoms with Gasteiger partial charge in [0.25, 0.3) is 0 Å². The molecule has 48 heavy (non-hydrogen) atoms. The van der Waals surface area contributed by atoms with E-state index in [4.69, 9.17) is 9.47 Å². The first-order chi connectivity index (χ1) is 23.5. The number of aromatic nitrogens is 4. The molecule has 8 fully saturated rings. The molecular weight excluding hydrogens is 649 g/mol. The highest BCUT2D eigenvalue weighted by molar-refractivity contribution is 7.19. The summed E-state index contributed by atoms with van der Waals surface area (Å²) in [5, 5.41) is 1.41. The minimum absolute atomic E-state index is 0.259. The number of pyridine rings is 2. The van der Waals surface area contributed by atoms with Crippen LogP contribution in [0, 0.1) is 11.8 Å². The van der Waals surface area contributed by atoms with Crippen LogP contribution in [0.2, 0.25) is 0 Å². The number of thiazole rings is 2. The molecule has 4 aromatic heterocycles. The summed E-state index contributed by atoms with van der Waals surface area (Å²) in [4.78, 5) is 52.8. The highest BCUT2D eigenvalue weighted by atomic mass is 32.1. The van der Waals surface area contributed by atoms with E-state index < -0.39 is 0 Å². The Kier molecular flexibility index (Phi) is 7.44. The molecule has 2 spiro atoms. The van der Waals surface area contributed by atoms with E-state index in [1.54, 1.807) is 34.6 Å². The second-order valence-corrected chi connectivity index (χ2v) is 15.6. The van der Waals surface area contributed by atoms with Crippen molar-refractivity contribution in [1.82, 2.24) is 29.7 Å². The van der Waals surface area contributed by atoms with Crippen LogP contribution in [0.3, 0.4) is 0 Å². The van der Waals surface area contributed by atoms with Crippen molar-refractivity contribution >= 4 is 45.1 Å². The summed E-state index contributed by atoms with van der Waals surface area (Å²) < 4.78 is 11.8. The quantitative estimate of drug-likeness (QED) is 0.282. The smallest absolute Gasteiger partial charge is 0.416 e. The normalized spacial score (nSPS) is 31.7. The number of fused-ring (bicyclic) bond motifs is 4. The third kappa shape index (κ3) is 5.25. The lowest BCUT2D eigenvalue weighted by molar-refractivity contribution is -0.0884. The molecule has 8 aliphatic rings. The average Bonchev–Trinajstić information content (AvgIpc) is 3.93. The molecule has 8 saturated heterocycles. The van der Waals surface area contributed by atoms with Crippen molar-refractivity contribution in [3.8, 4) is 21.1 Å². The lowest BCUT2D eigenvalue weighted by Crippen LogP contribution is -2.61. The number of carbonyl (C=O) groups is 2. The third-order valence-corrected chi connectivity index (χ3v) is 12.9. The van der Waals surface area contributed by atoms with E-state index in [0.29, 0.717) is 35.2 Å². The zero-order valence-electron chi connectivity index (χ0n) is 26.4. The average molecular weight is 685 g/mol. The summed E-state index contributed by atoms with van der Waals surface area (Å²) in [5.74, 6) is 0.957. The molecule has 2 amide bonds. The van der Waals surface area contributed by atoms with Gasteiger partial charge in [0.15, 0.2) is 10.3 Å². The second kappa shape index (κ2) is 11.9. The Hall–Kier alpha value is -3.98. The van der Waals surface area contributed by atoms with Gasteiger partial charge in [-0.25, -0.2) is 29.4 Å². The number of ether oxygens (including phenoxy) is 2. The molecule has 0 radical (unpaired) electrons. The van der Waals surface area contributed by atoms with Gasteiger partial charge in [-0.2, -0.15) is 0 Å². The lowest BCUT2D eigenvalue weighted by Gasteiger charge is -2.49. The van der Waals surface area contributed by atoms with Gasteiger partial charge in [-0.15, -0.1) is 0 Å². The molecule has 0 N–H and O–H groups in total. The van der Waals surface area contributed by atoms with E-state index in [1.807, 2.05) is 36.4 Å². The Labute approximate surface area is 286 Å². The molecular formula is C34H36N8O4S2. The molecule has 248 valence electrons. The zero-order valence-corrected chi connectivity index (χ0v) is 28.1. The van der Waals surface area contributed by atoms with Crippen LogP contribution < -0.4 is 9.80 Å². The minimum Gasteiger partial charge on any atom is -0.439 e. The third-order valence-electron chi connectivity index (χ3n) is 10.8. The number of piperidine rings is 6. The van der Waals surface area contributed by atoms with Gasteiger partial charge in [-0.05, 0) is 76.1 Å².